The Morgan fingerprint density at radius 1 is 1.24 bits per heavy atom. The summed E-state index contributed by atoms with van der Waals surface area (Å²) in [7, 11) is 1.62. The van der Waals surface area contributed by atoms with Gasteiger partial charge in [-0.1, -0.05) is 23.4 Å². The Balaban J connectivity index is 1.50. The minimum atomic E-state index is -0.894. The van der Waals surface area contributed by atoms with Crippen LogP contribution in [0.5, 0.6) is 5.75 Å². The van der Waals surface area contributed by atoms with Gasteiger partial charge < -0.3 is 28.9 Å². The Morgan fingerprint density at radius 3 is 2.76 bits per heavy atom. The highest BCUT2D eigenvalue weighted by atomic mass is 19.1. The number of nitrogens with zero attached hydrogens (tertiary/aromatic N) is 4. The van der Waals surface area contributed by atoms with E-state index in [9.17, 15) is 9.50 Å². The zero-order valence-electron chi connectivity index (χ0n) is 18.9. The zero-order chi connectivity index (χ0) is 23.7. The van der Waals surface area contributed by atoms with Gasteiger partial charge in [-0.25, -0.2) is 9.37 Å². The predicted molar refractivity (Wildman–Crippen MR) is 124 cm³/mol. The van der Waals surface area contributed by atoms with Crippen LogP contribution in [-0.4, -0.2) is 58.9 Å². The van der Waals surface area contributed by atoms with Crippen molar-refractivity contribution in [1.82, 2.24) is 14.5 Å². The van der Waals surface area contributed by atoms with Crippen LogP contribution < -0.4 is 4.74 Å². The number of halogens is 1. The van der Waals surface area contributed by atoms with E-state index in [0.29, 0.717) is 30.5 Å². The Morgan fingerprint density at radius 2 is 2.06 bits per heavy atom. The summed E-state index contributed by atoms with van der Waals surface area (Å²) in [6.07, 6.45) is 5.53. The van der Waals surface area contributed by atoms with Crippen LogP contribution in [0.25, 0.3) is 11.8 Å². The lowest BCUT2D eigenvalue weighted by Crippen LogP contribution is -2.60. The molecule has 9 heteroatoms. The van der Waals surface area contributed by atoms with Crippen molar-refractivity contribution in [3.05, 3.63) is 83.4 Å². The highest BCUT2D eigenvalue weighted by molar-refractivity contribution is 6.01. The van der Waals surface area contributed by atoms with E-state index >= 15 is 0 Å². The third-order valence-corrected chi connectivity index (χ3v) is 6.15. The van der Waals surface area contributed by atoms with Crippen molar-refractivity contribution in [1.29, 1.82) is 0 Å². The maximum atomic E-state index is 13.5. The maximum absolute atomic E-state index is 13.5. The van der Waals surface area contributed by atoms with Crippen LogP contribution in [0.3, 0.4) is 0 Å². The summed E-state index contributed by atoms with van der Waals surface area (Å²) < 4.78 is 27.0. The molecule has 5 rings (SSSR count). The van der Waals surface area contributed by atoms with Crippen LogP contribution in [-0.2, 0) is 15.1 Å². The molecule has 176 valence electrons. The van der Waals surface area contributed by atoms with Gasteiger partial charge in [-0.3, -0.25) is 0 Å². The number of aliphatic hydroxyl groups excluding tert-OH is 1. The number of fused-ring (bicyclic) bond motifs is 1. The number of hydrogen-bond acceptors (Lipinski definition) is 7. The van der Waals surface area contributed by atoms with Crippen molar-refractivity contribution in [3.8, 4) is 11.4 Å². The molecule has 1 aromatic heterocycles. The summed E-state index contributed by atoms with van der Waals surface area (Å²) >= 11 is 0. The molecule has 0 amide bonds. The number of rotatable bonds is 5. The summed E-state index contributed by atoms with van der Waals surface area (Å²) in [5.74, 6) is 1.33. The van der Waals surface area contributed by atoms with Gasteiger partial charge in [-0.05, 0) is 48.4 Å². The van der Waals surface area contributed by atoms with E-state index < -0.39 is 5.54 Å². The number of benzene rings is 2. The van der Waals surface area contributed by atoms with Crippen molar-refractivity contribution < 1.29 is 23.8 Å². The summed E-state index contributed by atoms with van der Waals surface area (Å²) in [5.41, 5.74) is 2.47. The number of methoxy groups -OCH3 is 1. The van der Waals surface area contributed by atoms with E-state index in [0.717, 1.165) is 22.5 Å². The molecule has 8 nitrogen and oxygen atoms in total. The minimum Gasteiger partial charge on any atom is -0.495 e. The highest BCUT2D eigenvalue weighted by Gasteiger charge is 2.46. The first-order valence-corrected chi connectivity index (χ1v) is 10.9. The second-order valence-electron chi connectivity index (χ2n) is 8.25. The smallest absolute Gasteiger partial charge is 0.211 e. The normalized spacial score (nSPS) is 20.9. The first-order chi connectivity index (χ1) is 16.5. The lowest BCUT2D eigenvalue weighted by atomic mass is 9.88. The Kier molecular flexibility index (Phi) is 5.70. The average Bonchev–Trinajstić information content (AvgIpc) is 3.30. The average molecular weight is 464 g/mol. The fourth-order valence-corrected chi connectivity index (χ4v) is 4.37. The molecule has 2 aliphatic heterocycles. The highest BCUT2D eigenvalue weighted by Crippen LogP contribution is 2.36. The van der Waals surface area contributed by atoms with Gasteiger partial charge in [0, 0.05) is 6.20 Å². The van der Waals surface area contributed by atoms with Gasteiger partial charge in [0.1, 0.15) is 30.3 Å². The molecule has 1 N–H and O–H groups in total. The van der Waals surface area contributed by atoms with Crippen LogP contribution in [0, 0.1) is 12.7 Å². The SMILES string of the molecule is COc1cc(C=C2OCCN3C2=NOCC3(CO)c2ccc(F)cc2)ccc1-n1cnc(C)c1. The quantitative estimate of drug-likeness (QED) is 0.625. The molecule has 0 saturated carbocycles. The first-order valence-electron chi connectivity index (χ1n) is 10.9. The molecule has 0 spiro atoms. The van der Waals surface area contributed by atoms with Crippen LogP contribution in [0.4, 0.5) is 4.39 Å². The molecule has 1 fully saturated rings. The number of hydrogen-bond donors (Lipinski definition) is 1. The second kappa shape index (κ2) is 8.83. The van der Waals surface area contributed by atoms with Crippen molar-refractivity contribution in [2.75, 3.05) is 33.5 Å². The number of aliphatic hydroxyl groups is 1. The Labute approximate surface area is 196 Å². The largest absolute Gasteiger partial charge is 0.495 e. The van der Waals surface area contributed by atoms with Crippen LogP contribution in [0.1, 0.15) is 16.8 Å². The summed E-state index contributed by atoms with van der Waals surface area (Å²) in [5, 5.41) is 14.7. The third kappa shape index (κ3) is 3.77. The maximum Gasteiger partial charge on any atom is 0.211 e. The van der Waals surface area contributed by atoms with Gasteiger partial charge in [-0.15, -0.1) is 0 Å². The number of ether oxygens (including phenoxy) is 2. The lowest BCUT2D eigenvalue weighted by Gasteiger charge is -2.48. The zero-order valence-corrected chi connectivity index (χ0v) is 18.9. The van der Waals surface area contributed by atoms with Crippen LogP contribution in [0.15, 0.2) is 65.9 Å². The molecule has 0 aliphatic carbocycles. The van der Waals surface area contributed by atoms with E-state index in [1.807, 2.05) is 46.9 Å². The van der Waals surface area contributed by atoms with Crippen LogP contribution in [0.2, 0.25) is 0 Å². The van der Waals surface area contributed by atoms with Gasteiger partial charge in [0.05, 0.1) is 38.0 Å². The summed E-state index contributed by atoms with van der Waals surface area (Å²) in [6.45, 7) is 2.74. The minimum absolute atomic E-state index is 0.138. The molecule has 0 bridgehead atoms. The molecule has 3 heterocycles. The molecule has 3 aromatic rings. The number of morpholine rings is 1. The Bertz CT molecular complexity index is 1250. The predicted octanol–water partition coefficient (Wildman–Crippen LogP) is 3.23. The number of oxime groups is 1. The van der Waals surface area contributed by atoms with Gasteiger partial charge >= 0.3 is 0 Å². The third-order valence-electron chi connectivity index (χ3n) is 6.15. The van der Waals surface area contributed by atoms with Gasteiger partial charge in [0.2, 0.25) is 5.84 Å². The lowest BCUT2D eigenvalue weighted by molar-refractivity contribution is -0.0516. The number of amidine groups is 1. The van der Waals surface area contributed by atoms with Gasteiger partial charge in [-0.2, -0.15) is 0 Å². The number of aromatic nitrogens is 2. The molecule has 2 aliphatic rings. The van der Waals surface area contributed by atoms with Crippen molar-refractivity contribution in [2.24, 2.45) is 5.16 Å². The Hall–Kier alpha value is -3.85. The number of imidazole rings is 1. The fourth-order valence-electron chi connectivity index (χ4n) is 4.37. The molecule has 1 atom stereocenters. The van der Waals surface area contributed by atoms with E-state index in [1.54, 1.807) is 25.6 Å². The van der Waals surface area contributed by atoms with Crippen molar-refractivity contribution in [3.63, 3.8) is 0 Å². The van der Waals surface area contributed by atoms with Gasteiger partial charge in [0.25, 0.3) is 0 Å². The number of aryl methyl sites for hydroxylation is 1. The molecule has 2 aromatic carbocycles. The molecular weight excluding hydrogens is 439 g/mol. The standard InChI is InChI=1S/C25H25FN4O4/c1-17-13-29(16-27-17)21-8-3-18(11-22(21)32-2)12-23-24-28-34-15-25(14-31,30(24)9-10-33-23)19-4-6-20(26)7-5-19/h3-8,11-13,16,31H,9-10,14-15H2,1-2H3. The van der Waals surface area contributed by atoms with Crippen LogP contribution >= 0.6 is 0 Å². The van der Waals surface area contributed by atoms with E-state index in [-0.39, 0.29) is 19.0 Å². The summed E-state index contributed by atoms with van der Waals surface area (Å²) in [6, 6.07) is 11.9. The molecule has 1 unspecified atom stereocenters. The van der Waals surface area contributed by atoms with E-state index in [4.69, 9.17) is 14.3 Å². The molecule has 0 radical (unpaired) electrons. The second-order valence-corrected chi connectivity index (χ2v) is 8.25. The monoisotopic (exact) mass is 464 g/mol. The molecule has 34 heavy (non-hydrogen) atoms. The summed E-state index contributed by atoms with van der Waals surface area (Å²) in [4.78, 5) is 11.8. The molecule has 1 saturated heterocycles. The molecular formula is C25H25FN4O4. The van der Waals surface area contributed by atoms with E-state index in [2.05, 4.69) is 10.1 Å². The van der Waals surface area contributed by atoms with E-state index in [1.165, 1.54) is 12.1 Å². The van der Waals surface area contributed by atoms with Crippen molar-refractivity contribution >= 4 is 11.9 Å². The van der Waals surface area contributed by atoms with Gasteiger partial charge in [0.15, 0.2) is 5.76 Å². The first kappa shape index (κ1) is 22.0. The fraction of sp³-hybridized carbons (Fsp3) is 0.280. The van der Waals surface area contributed by atoms with Crippen molar-refractivity contribution in [2.45, 2.75) is 12.5 Å². The topological polar surface area (TPSA) is 81.3 Å².